The number of aromatic nitrogens is 2. The zero-order valence-corrected chi connectivity index (χ0v) is 13.4. The smallest absolute Gasteiger partial charge is 0.258 e. The Morgan fingerprint density at radius 2 is 1.95 bits per heavy atom. The van der Waals surface area contributed by atoms with Crippen LogP contribution in [0, 0.1) is 10.9 Å². The SMILES string of the molecule is Cc1cccc(-c2sc(=S)n3c2[nH]c(=O)c2ccccc23)c1. The first-order valence-corrected chi connectivity index (χ1v) is 8.11. The molecule has 3 nitrogen and oxygen atoms in total. The van der Waals surface area contributed by atoms with Gasteiger partial charge in [-0.2, -0.15) is 0 Å². The Hall–Kier alpha value is -2.24. The maximum Gasteiger partial charge on any atom is 0.258 e. The van der Waals surface area contributed by atoms with E-state index >= 15 is 0 Å². The molecule has 2 aromatic carbocycles. The largest absolute Gasteiger partial charge is 0.306 e. The van der Waals surface area contributed by atoms with Crippen LogP contribution >= 0.6 is 23.6 Å². The van der Waals surface area contributed by atoms with Gasteiger partial charge >= 0.3 is 0 Å². The molecule has 5 heteroatoms. The highest BCUT2D eigenvalue weighted by atomic mass is 32.1. The number of para-hydroxylation sites is 1. The quantitative estimate of drug-likeness (QED) is 0.522. The fourth-order valence-electron chi connectivity index (χ4n) is 2.72. The van der Waals surface area contributed by atoms with Crippen LogP contribution in [0.3, 0.4) is 0 Å². The molecule has 0 atom stereocenters. The Bertz CT molecular complexity index is 1130. The second kappa shape index (κ2) is 4.90. The summed E-state index contributed by atoms with van der Waals surface area (Å²) >= 11 is 7.06. The van der Waals surface area contributed by atoms with Crippen molar-refractivity contribution in [2.24, 2.45) is 0 Å². The third-order valence-electron chi connectivity index (χ3n) is 3.71. The number of aromatic amines is 1. The highest BCUT2D eigenvalue weighted by Gasteiger charge is 2.13. The number of hydrogen-bond donors (Lipinski definition) is 1. The lowest BCUT2D eigenvalue weighted by Crippen LogP contribution is -2.09. The predicted octanol–water partition coefficient (Wildman–Crippen LogP) is 4.55. The van der Waals surface area contributed by atoms with E-state index < -0.39 is 0 Å². The molecule has 0 spiro atoms. The van der Waals surface area contributed by atoms with Gasteiger partial charge in [0.2, 0.25) is 0 Å². The fourth-order valence-corrected chi connectivity index (χ4v) is 4.10. The standard InChI is InChI=1S/C17H12N2OS2/c1-10-5-4-6-11(9-10)14-15-18-16(20)12-7-2-3-8-13(12)19(15)17(21)22-14/h2-9H,1H3,(H,18,20). The van der Waals surface area contributed by atoms with Crippen molar-refractivity contribution in [1.29, 1.82) is 0 Å². The summed E-state index contributed by atoms with van der Waals surface area (Å²) in [6, 6.07) is 15.8. The Kier molecular flexibility index (Phi) is 2.99. The van der Waals surface area contributed by atoms with E-state index in [0.717, 1.165) is 25.6 Å². The van der Waals surface area contributed by atoms with Crippen molar-refractivity contribution in [3.8, 4) is 10.4 Å². The van der Waals surface area contributed by atoms with E-state index in [1.54, 1.807) is 0 Å². The number of fused-ring (bicyclic) bond motifs is 3. The van der Waals surface area contributed by atoms with Crippen molar-refractivity contribution in [3.05, 3.63) is 68.4 Å². The number of H-pyrrole nitrogens is 1. The highest BCUT2D eigenvalue weighted by Crippen LogP contribution is 2.32. The van der Waals surface area contributed by atoms with Crippen molar-refractivity contribution in [2.45, 2.75) is 6.92 Å². The lowest BCUT2D eigenvalue weighted by molar-refractivity contribution is 1.16. The molecule has 0 saturated carbocycles. The van der Waals surface area contributed by atoms with Crippen molar-refractivity contribution < 1.29 is 0 Å². The minimum Gasteiger partial charge on any atom is -0.306 e. The summed E-state index contributed by atoms with van der Waals surface area (Å²) in [6.07, 6.45) is 0. The van der Waals surface area contributed by atoms with Gasteiger partial charge in [-0.05, 0) is 36.8 Å². The predicted molar refractivity (Wildman–Crippen MR) is 94.4 cm³/mol. The van der Waals surface area contributed by atoms with Gasteiger partial charge in [0.15, 0.2) is 3.95 Å². The van der Waals surface area contributed by atoms with Crippen molar-refractivity contribution >= 4 is 40.1 Å². The van der Waals surface area contributed by atoms with Gasteiger partial charge in [-0.3, -0.25) is 9.20 Å². The van der Waals surface area contributed by atoms with Gasteiger partial charge in [0.25, 0.3) is 5.56 Å². The number of rotatable bonds is 1. The lowest BCUT2D eigenvalue weighted by Gasteiger charge is -2.04. The zero-order valence-electron chi connectivity index (χ0n) is 11.8. The molecule has 0 fully saturated rings. The second-order valence-electron chi connectivity index (χ2n) is 5.22. The van der Waals surface area contributed by atoms with Gasteiger partial charge in [-0.25, -0.2) is 0 Å². The van der Waals surface area contributed by atoms with Gasteiger partial charge in [0, 0.05) is 0 Å². The summed E-state index contributed by atoms with van der Waals surface area (Å²) in [5, 5.41) is 0.652. The molecular weight excluding hydrogens is 312 g/mol. The molecule has 0 aliphatic rings. The summed E-state index contributed by atoms with van der Waals surface area (Å²) in [4.78, 5) is 16.3. The van der Waals surface area contributed by atoms with Gasteiger partial charge < -0.3 is 4.98 Å². The van der Waals surface area contributed by atoms with E-state index in [1.807, 2.05) is 40.8 Å². The summed E-state index contributed by atoms with van der Waals surface area (Å²) < 4.78 is 2.69. The van der Waals surface area contributed by atoms with Gasteiger partial charge in [0.05, 0.1) is 15.8 Å². The number of nitrogens with zero attached hydrogens (tertiary/aromatic N) is 1. The molecule has 0 aliphatic carbocycles. The van der Waals surface area contributed by atoms with Crippen LogP contribution in [0.1, 0.15) is 5.56 Å². The average Bonchev–Trinajstić information content (AvgIpc) is 2.84. The van der Waals surface area contributed by atoms with Crippen LogP contribution in [-0.2, 0) is 0 Å². The molecule has 1 N–H and O–H groups in total. The van der Waals surface area contributed by atoms with Crippen LogP contribution < -0.4 is 5.56 Å². The number of hydrogen-bond acceptors (Lipinski definition) is 3. The van der Waals surface area contributed by atoms with Crippen LogP contribution in [0.4, 0.5) is 0 Å². The molecular formula is C17H12N2OS2. The Balaban J connectivity index is 2.20. The van der Waals surface area contributed by atoms with E-state index in [2.05, 4.69) is 24.0 Å². The van der Waals surface area contributed by atoms with Gasteiger partial charge in [0.1, 0.15) is 5.65 Å². The maximum absolute atomic E-state index is 12.4. The number of thiazole rings is 1. The molecule has 22 heavy (non-hydrogen) atoms. The van der Waals surface area contributed by atoms with E-state index in [9.17, 15) is 4.79 Å². The first-order valence-electron chi connectivity index (χ1n) is 6.89. The maximum atomic E-state index is 12.4. The Morgan fingerprint density at radius 3 is 2.77 bits per heavy atom. The molecule has 0 amide bonds. The van der Waals surface area contributed by atoms with Crippen LogP contribution in [-0.4, -0.2) is 9.38 Å². The van der Waals surface area contributed by atoms with Crippen molar-refractivity contribution in [2.75, 3.05) is 0 Å². The molecule has 0 saturated heterocycles. The number of aryl methyl sites for hydroxylation is 1. The van der Waals surface area contributed by atoms with Crippen LogP contribution in [0.5, 0.6) is 0 Å². The van der Waals surface area contributed by atoms with Crippen molar-refractivity contribution in [1.82, 2.24) is 9.38 Å². The monoisotopic (exact) mass is 324 g/mol. The first-order chi connectivity index (χ1) is 10.6. The van der Waals surface area contributed by atoms with Gasteiger partial charge in [-0.15, -0.1) is 11.3 Å². The number of nitrogens with one attached hydrogen (secondary N) is 1. The topological polar surface area (TPSA) is 37.3 Å². The second-order valence-corrected chi connectivity index (χ2v) is 6.87. The van der Waals surface area contributed by atoms with E-state index in [0.29, 0.717) is 5.39 Å². The summed E-state index contributed by atoms with van der Waals surface area (Å²) in [5.41, 5.74) is 3.78. The molecule has 0 unspecified atom stereocenters. The molecule has 2 aromatic heterocycles. The minimum atomic E-state index is -0.0858. The Morgan fingerprint density at radius 1 is 1.14 bits per heavy atom. The van der Waals surface area contributed by atoms with E-state index in [1.165, 1.54) is 16.9 Å². The Labute approximate surface area is 135 Å². The molecule has 0 aliphatic heterocycles. The van der Waals surface area contributed by atoms with Crippen LogP contribution in [0.15, 0.2) is 53.3 Å². The molecule has 108 valence electrons. The normalized spacial score (nSPS) is 11.3. The third kappa shape index (κ3) is 1.94. The average molecular weight is 324 g/mol. The van der Waals surface area contributed by atoms with Crippen LogP contribution in [0.2, 0.25) is 0 Å². The summed E-state index contributed by atoms with van der Waals surface area (Å²) in [5.74, 6) is 0. The third-order valence-corrected chi connectivity index (χ3v) is 5.14. The van der Waals surface area contributed by atoms with Gasteiger partial charge in [-0.1, -0.05) is 42.0 Å². The molecule has 0 bridgehead atoms. The molecule has 0 radical (unpaired) electrons. The zero-order chi connectivity index (χ0) is 15.3. The summed E-state index contributed by atoms with van der Waals surface area (Å²) in [7, 11) is 0. The molecule has 4 aromatic rings. The molecule has 4 rings (SSSR count). The summed E-state index contributed by atoms with van der Waals surface area (Å²) in [6.45, 7) is 2.05. The minimum absolute atomic E-state index is 0.0858. The molecule has 2 heterocycles. The van der Waals surface area contributed by atoms with E-state index in [4.69, 9.17) is 12.2 Å². The van der Waals surface area contributed by atoms with E-state index in [-0.39, 0.29) is 5.56 Å². The van der Waals surface area contributed by atoms with Crippen LogP contribution in [0.25, 0.3) is 27.0 Å². The fraction of sp³-hybridized carbons (Fsp3) is 0.0588. The number of benzene rings is 2. The lowest BCUT2D eigenvalue weighted by atomic mass is 10.1. The highest BCUT2D eigenvalue weighted by molar-refractivity contribution is 7.73. The first kappa shape index (κ1) is 13.4. The van der Waals surface area contributed by atoms with Crippen molar-refractivity contribution in [3.63, 3.8) is 0 Å².